The number of ketones is 1. The van der Waals surface area contributed by atoms with Gasteiger partial charge in [0.05, 0.1) is 18.6 Å². The molecule has 0 aromatic rings. The van der Waals surface area contributed by atoms with E-state index in [1.54, 1.807) is 13.8 Å². The van der Waals surface area contributed by atoms with Gasteiger partial charge in [-0.15, -0.1) is 0 Å². The smallest absolute Gasteiger partial charge is 0.239 e. The molecule has 0 spiro atoms. The van der Waals surface area contributed by atoms with Gasteiger partial charge in [0, 0.05) is 25.6 Å². The minimum Gasteiger partial charge on any atom is -0.346 e. The van der Waals surface area contributed by atoms with Crippen molar-refractivity contribution in [3.8, 4) is 0 Å². The van der Waals surface area contributed by atoms with E-state index in [1.165, 1.54) is 0 Å². The molecule has 1 aliphatic heterocycles. The fourth-order valence-electron chi connectivity index (χ4n) is 2.23. The zero-order valence-corrected chi connectivity index (χ0v) is 13.3. The lowest BCUT2D eigenvalue weighted by atomic mass is 9.99. The molecule has 1 rings (SSSR count). The summed E-state index contributed by atoms with van der Waals surface area (Å²) in [7, 11) is 0. The average Bonchev–Trinajstić information content (AvgIpc) is 2.52. The molecule has 6 N–H and O–H groups in total. The molecule has 1 fully saturated rings. The van der Waals surface area contributed by atoms with Crippen molar-refractivity contribution in [3.05, 3.63) is 0 Å². The number of nitrogens with one attached hydrogen (secondary N) is 4. The van der Waals surface area contributed by atoms with Crippen LogP contribution < -0.4 is 27.0 Å². The zero-order valence-electron chi connectivity index (χ0n) is 13.3. The minimum absolute atomic E-state index is 0.0525. The van der Waals surface area contributed by atoms with Crippen LogP contribution in [0.4, 0.5) is 0 Å². The van der Waals surface area contributed by atoms with Crippen molar-refractivity contribution in [2.75, 3.05) is 32.7 Å². The Morgan fingerprint density at radius 1 is 1.27 bits per heavy atom. The highest BCUT2D eigenvalue weighted by atomic mass is 16.2. The first-order valence-corrected chi connectivity index (χ1v) is 7.70. The Hall–Kier alpha value is -1.51. The molecule has 126 valence electrons. The Kier molecular flexibility index (Phi) is 8.00. The molecule has 2 amide bonds. The molecule has 0 saturated carbocycles. The number of hydrogen-bond donors (Lipinski definition) is 5. The van der Waals surface area contributed by atoms with Crippen LogP contribution in [0.25, 0.3) is 0 Å². The predicted octanol–water partition coefficient (Wildman–Crippen LogP) is -2.28. The van der Waals surface area contributed by atoms with Crippen molar-refractivity contribution in [1.29, 1.82) is 0 Å². The minimum atomic E-state index is -0.594. The first-order valence-electron chi connectivity index (χ1n) is 7.70. The van der Waals surface area contributed by atoms with Crippen LogP contribution in [-0.2, 0) is 14.4 Å². The second kappa shape index (κ2) is 9.50. The summed E-state index contributed by atoms with van der Waals surface area (Å²) in [5, 5.41) is 11.4. The highest BCUT2D eigenvalue weighted by Gasteiger charge is 2.24. The van der Waals surface area contributed by atoms with Gasteiger partial charge >= 0.3 is 0 Å². The Morgan fingerprint density at radius 3 is 2.55 bits per heavy atom. The zero-order chi connectivity index (χ0) is 16.5. The van der Waals surface area contributed by atoms with Crippen LogP contribution in [0.5, 0.6) is 0 Å². The summed E-state index contributed by atoms with van der Waals surface area (Å²) in [5.74, 6) is -0.843. The third kappa shape index (κ3) is 6.08. The monoisotopic (exact) mass is 313 g/mol. The average molecular weight is 313 g/mol. The van der Waals surface area contributed by atoms with Gasteiger partial charge in [-0.3, -0.25) is 14.4 Å². The molecule has 1 saturated heterocycles. The molecule has 0 radical (unpaired) electrons. The van der Waals surface area contributed by atoms with Crippen molar-refractivity contribution in [1.82, 2.24) is 21.3 Å². The number of carbonyl (C=O) groups is 3. The fraction of sp³-hybridized carbons (Fsp3) is 0.786. The molecule has 1 aliphatic rings. The number of hydrogen-bond acceptors (Lipinski definition) is 6. The predicted molar refractivity (Wildman–Crippen MR) is 83.1 cm³/mol. The molecular formula is C14H27N5O3. The third-order valence-corrected chi connectivity index (χ3v) is 3.48. The molecular weight excluding hydrogens is 286 g/mol. The van der Waals surface area contributed by atoms with Crippen LogP contribution in [0.2, 0.25) is 0 Å². The van der Waals surface area contributed by atoms with Gasteiger partial charge in [-0.2, -0.15) is 0 Å². The van der Waals surface area contributed by atoms with Crippen LogP contribution >= 0.6 is 0 Å². The Labute approximate surface area is 131 Å². The second-order valence-corrected chi connectivity index (χ2v) is 5.68. The standard InChI is InChI=1S/C14H27N5O3/c1-9(2)13(21)10(3-4-15)19-12(20)8-18-14(22)11-7-16-5-6-17-11/h9-11,16-17H,3-8,15H2,1-2H3,(H,18,22)(H,19,20). The van der Waals surface area contributed by atoms with Crippen LogP contribution in [0, 0.1) is 5.92 Å². The van der Waals surface area contributed by atoms with Gasteiger partial charge in [-0.25, -0.2) is 0 Å². The summed E-state index contributed by atoms with van der Waals surface area (Å²) < 4.78 is 0. The van der Waals surface area contributed by atoms with Crippen LogP contribution in [0.15, 0.2) is 0 Å². The summed E-state index contributed by atoms with van der Waals surface area (Å²) in [6.45, 7) is 5.79. The SMILES string of the molecule is CC(C)C(=O)C(CCN)NC(=O)CNC(=O)C1CNCCN1. The highest BCUT2D eigenvalue weighted by Crippen LogP contribution is 2.03. The van der Waals surface area contributed by atoms with Gasteiger partial charge in [0.25, 0.3) is 0 Å². The van der Waals surface area contributed by atoms with Crippen molar-refractivity contribution >= 4 is 17.6 Å². The van der Waals surface area contributed by atoms with E-state index in [0.717, 1.165) is 6.54 Å². The molecule has 1 heterocycles. The van der Waals surface area contributed by atoms with Crippen molar-refractivity contribution in [2.45, 2.75) is 32.4 Å². The van der Waals surface area contributed by atoms with Gasteiger partial charge in [0.15, 0.2) is 5.78 Å². The van der Waals surface area contributed by atoms with Gasteiger partial charge in [-0.1, -0.05) is 13.8 Å². The molecule has 0 aromatic heterocycles. The fourth-order valence-corrected chi connectivity index (χ4v) is 2.23. The molecule has 2 unspecified atom stereocenters. The summed E-state index contributed by atoms with van der Waals surface area (Å²) in [6, 6.07) is -0.928. The summed E-state index contributed by atoms with van der Waals surface area (Å²) in [5.41, 5.74) is 5.47. The number of nitrogens with two attached hydrogens (primary N) is 1. The van der Waals surface area contributed by atoms with Crippen LogP contribution in [0.1, 0.15) is 20.3 Å². The topological polar surface area (TPSA) is 125 Å². The number of rotatable bonds is 8. The molecule has 22 heavy (non-hydrogen) atoms. The lowest BCUT2D eigenvalue weighted by Gasteiger charge is -2.24. The van der Waals surface area contributed by atoms with E-state index in [0.29, 0.717) is 26.1 Å². The Bertz CT molecular complexity index is 394. The summed E-state index contributed by atoms with van der Waals surface area (Å²) >= 11 is 0. The normalized spacial score (nSPS) is 19.5. The van der Waals surface area contributed by atoms with E-state index in [-0.39, 0.29) is 36.1 Å². The summed E-state index contributed by atoms with van der Waals surface area (Å²) in [6.07, 6.45) is 0.394. The molecule has 0 aliphatic carbocycles. The maximum Gasteiger partial charge on any atom is 0.239 e. The quantitative estimate of drug-likeness (QED) is 0.344. The van der Waals surface area contributed by atoms with Crippen LogP contribution in [-0.4, -0.2) is 62.4 Å². The van der Waals surface area contributed by atoms with E-state index in [4.69, 9.17) is 5.73 Å². The van der Waals surface area contributed by atoms with E-state index < -0.39 is 6.04 Å². The number of piperazine rings is 1. The first kappa shape index (κ1) is 18.5. The number of carbonyl (C=O) groups excluding carboxylic acids is 3. The van der Waals surface area contributed by atoms with Crippen molar-refractivity contribution in [3.63, 3.8) is 0 Å². The first-order chi connectivity index (χ1) is 10.5. The number of amides is 2. The van der Waals surface area contributed by atoms with Crippen molar-refractivity contribution < 1.29 is 14.4 Å². The molecule has 0 bridgehead atoms. The van der Waals surface area contributed by atoms with E-state index in [2.05, 4.69) is 21.3 Å². The maximum atomic E-state index is 12.0. The van der Waals surface area contributed by atoms with Gasteiger partial charge < -0.3 is 27.0 Å². The lowest BCUT2D eigenvalue weighted by molar-refractivity contribution is -0.130. The second-order valence-electron chi connectivity index (χ2n) is 5.68. The maximum absolute atomic E-state index is 12.0. The third-order valence-electron chi connectivity index (χ3n) is 3.48. The molecule has 8 heteroatoms. The van der Waals surface area contributed by atoms with Crippen LogP contribution in [0.3, 0.4) is 0 Å². The largest absolute Gasteiger partial charge is 0.346 e. The van der Waals surface area contributed by atoms with E-state index in [9.17, 15) is 14.4 Å². The molecule has 0 aromatic carbocycles. The van der Waals surface area contributed by atoms with Gasteiger partial charge in [0.1, 0.15) is 0 Å². The van der Waals surface area contributed by atoms with Gasteiger partial charge in [0.2, 0.25) is 11.8 Å². The number of Topliss-reactive ketones (excluding diaryl/α,β-unsaturated/α-hetero) is 1. The molecule has 2 atom stereocenters. The van der Waals surface area contributed by atoms with Gasteiger partial charge in [-0.05, 0) is 13.0 Å². The molecule has 8 nitrogen and oxygen atoms in total. The highest BCUT2D eigenvalue weighted by molar-refractivity contribution is 5.92. The lowest BCUT2D eigenvalue weighted by Crippen LogP contribution is -2.57. The summed E-state index contributed by atoms with van der Waals surface area (Å²) in [4.78, 5) is 35.7. The Balaban J connectivity index is 2.39. The van der Waals surface area contributed by atoms with E-state index in [1.807, 2.05) is 0 Å². The Morgan fingerprint density at radius 2 is 2.00 bits per heavy atom. The van der Waals surface area contributed by atoms with Crippen molar-refractivity contribution in [2.24, 2.45) is 11.7 Å². The van der Waals surface area contributed by atoms with E-state index >= 15 is 0 Å².